The molecule has 0 saturated carbocycles. The van der Waals surface area contributed by atoms with Gasteiger partial charge in [-0.25, -0.2) is 29.9 Å². The van der Waals surface area contributed by atoms with Gasteiger partial charge in [0.1, 0.15) is 22.1 Å². The van der Waals surface area contributed by atoms with E-state index < -0.39 is 0 Å². The van der Waals surface area contributed by atoms with Gasteiger partial charge >= 0.3 is 0 Å². The predicted octanol–water partition coefficient (Wildman–Crippen LogP) is 24.7. The Labute approximate surface area is 635 Å². The van der Waals surface area contributed by atoms with Crippen LogP contribution in [0.2, 0.25) is 0 Å². The van der Waals surface area contributed by atoms with Gasteiger partial charge in [0.15, 0.2) is 11.6 Å². The summed E-state index contributed by atoms with van der Waals surface area (Å²) in [6.45, 7) is 4.19. The molecule has 21 rings (SSSR count). The fourth-order valence-electron chi connectivity index (χ4n) is 15.1. The van der Waals surface area contributed by atoms with Crippen molar-refractivity contribution in [2.75, 3.05) is 0 Å². The maximum absolute atomic E-state index is 5.19. The zero-order valence-corrected chi connectivity index (χ0v) is 60.6. The van der Waals surface area contributed by atoms with E-state index in [-0.39, 0.29) is 0 Å². The lowest BCUT2D eigenvalue weighted by molar-refractivity contribution is 1.16. The molecule has 0 aliphatic rings. The number of hydrogen-bond acceptors (Lipinski definition) is 12. The van der Waals surface area contributed by atoms with Crippen LogP contribution in [0.15, 0.2) is 334 Å². The fraction of sp³-hybridized carbons (Fsp3) is 0.0208. The van der Waals surface area contributed by atoms with Crippen molar-refractivity contribution in [1.82, 2.24) is 52.0 Å². The second-order valence-corrected chi connectivity index (χ2v) is 28.5. The number of aryl methyl sites for hydroxylation is 2. The summed E-state index contributed by atoms with van der Waals surface area (Å²) in [5.41, 5.74) is 29.4. The Kier molecular flexibility index (Phi) is 16.1. The van der Waals surface area contributed by atoms with Gasteiger partial charge in [0.25, 0.3) is 0 Å². The SMILES string of the molecule is Cc1ccc(-c2cc(-c3cccc(-c4ccc(-c5nc6ccccc6c6c5ccc5nsnc56)cc4)c3)nc(-c3ccc(C)cc3)n2)cc1.c1ccc(-c2nc(-c3cccc(-c4ccc(-c5nc6ccccc6c6c5ccc5nsnc56)cc4)c3)cc(-c3cccc(-n4c5ccccc5c5ccccc54)c3)n2)cc1. The van der Waals surface area contributed by atoms with Gasteiger partial charge < -0.3 is 4.57 Å². The van der Waals surface area contributed by atoms with Gasteiger partial charge in [-0.05, 0) is 121 Å². The third-order valence-corrected chi connectivity index (χ3v) is 21.7. The summed E-state index contributed by atoms with van der Waals surface area (Å²) in [4.78, 5) is 30.8. The van der Waals surface area contributed by atoms with Crippen molar-refractivity contribution < 1.29 is 0 Å². The van der Waals surface area contributed by atoms with E-state index in [9.17, 15) is 0 Å². The van der Waals surface area contributed by atoms with Crippen molar-refractivity contribution in [3.63, 3.8) is 0 Å². The first kappa shape index (κ1) is 64.6. The summed E-state index contributed by atoms with van der Waals surface area (Å²) in [6, 6.07) is 117. The molecule has 0 fully saturated rings. The zero-order valence-electron chi connectivity index (χ0n) is 59.0. The molecular weight excluding hydrogens is 1370 g/mol. The van der Waals surface area contributed by atoms with Gasteiger partial charge in [0.05, 0.1) is 79.7 Å². The normalized spacial score (nSPS) is 11.6. The third-order valence-electron chi connectivity index (χ3n) is 20.6. The molecular formula is C96H61N11S2. The molecule has 0 atom stereocenters. The first-order chi connectivity index (χ1) is 53.8. The number of para-hydroxylation sites is 4. The van der Waals surface area contributed by atoms with E-state index in [0.29, 0.717) is 11.6 Å². The number of pyridine rings is 2. The lowest BCUT2D eigenvalue weighted by atomic mass is 9.96. The van der Waals surface area contributed by atoms with E-state index in [1.807, 2.05) is 42.5 Å². The number of benzene rings is 14. The molecule has 0 saturated heterocycles. The van der Waals surface area contributed by atoms with Gasteiger partial charge in [-0.2, -0.15) is 17.5 Å². The van der Waals surface area contributed by atoms with Crippen LogP contribution in [-0.2, 0) is 0 Å². The van der Waals surface area contributed by atoms with E-state index in [1.54, 1.807) is 0 Å². The summed E-state index contributed by atoms with van der Waals surface area (Å²) < 4.78 is 20.7. The van der Waals surface area contributed by atoms with Crippen LogP contribution in [0.3, 0.4) is 0 Å². The Morgan fingerprint density at radius 3 is 1.08 bits per heavy atom. The van der Waals surface area contributed by atoms with Crippen LogP contribution in [0.25, 0.3) is 205 Å². The van der Waals surface area contributed by atoms with Gasteiger partial charge in [-0.3, -0.25) is 0 Å². The van der Waals surface area contributed by atoms with Gasteiger partial charge in [0, 0.05) is 93.3 Å². The average Bonchev–Trinajstić information content (AvgIpc) is 1.74. The maximum Gasteiger partial charge on any atom is 0.160 e. The molecule has 0 amide bonds. The number of hydrogen-bond donors (Lipinski definition) is 0. The van der Waals surface area contributed by atoms with Crippen LogP contribution in [0.4, 0.5) is 0 Å². The molecule has 0 aliphatic heterocycles. The number of nitrogens with zero attached hydrogens (tertiary/aromatic N) is 11. The molecule has 109 heavy (non-hydrogen) atoms. The lowest BCUT2D eigenvalue weighted by Crippen LogP contribution is -1.98. The molecule has 11 nitrogen and oxygen atoms in total. The van der Waals surface area contributed by atoms with Crippen molar-refractivity contribution in [2.45, 2.75) is 13.8 Å². The van der Waals surface area contributed by atoms with Crippen LogP contribution >= 0.6 is 23.5 Å². The predicted molar refractivity (Wildman–Crippen MR) is 450 cm³/mol. The number of rotatable bonds is 11. The fourth-order valence-corrected chi connectivity index (χ4v) is 16.2. The zero-order chi connectivity index (χ0) is 72.5. The van der Waals surface area contributed by atoms with Crippen LogP contribution < -0.4 is 0 Å². The second-order valence-electron chi connectivity index (χ2n) is 27.5. The highest BCUT2D eigenvalue weighted by molar-refractivity contribution is 7.00. The van der Waals surface area contributed by atoms with E-state index in [2.05, 4.69) is 323 Å². The molecule has 13 heteroatoms. The van der Waals surface area contributed by atoms with Crippen LogP contribution in [0.5, 0.6) is 0 Å². The quantitative estimate of drug-likeness (QED) is 0.115. The van der Waals surface area contributed by atoms with Gasteiger partial charge in [-0.15, -0.1) is 0 Å². The van der Waals surface area contributed by atoms with Crippen molar-refractivity contribution in [3.05, 3.63) is 345 Å². The summed E-state index contributed by atoms with van der Waals surface area (Å²) in [6.07, 6.45) is 0. The minimum absolute atomic E-state index is 0.681. The van der Waals surface area contributed by atoms with Crippen molar-refractivity contribution in [1.29, 1.82) is 0 Å². The number of fused-ring (bicyclic) bond motifs is 13. The molecule has 0 N–H and O–H groups in total. The van der Waals surface area contributed by atoms with Crippen molar-refractivity contribution in [2.24, 2.45) is 0 Å². The molecule has 0 bridgehead atoms. The Hall–Kier alpha value is -14.0. The van der Waals surface area contributed by atoms with Crippen molar-refractivity contribution >= 4 is 111 Å². The molecule has 0 radical (unpaired) electrons. The molecule has 512 valence electrons. The van der Waals surface area contributed by atoms with Crippen molar-refractivity contribution in [3.8, 4) is 118 Å². The first-order valence-electron chi connectivity index (χ1n) is 36.2. The molecule has 14 aromatic carbocycles. The highest BCUT2D eigenvalue weighted by Gasteiger charge is 2.21. The summed E-state index contributed by atoms with van der Waals surface area (Å²) in [5, 5.41) is 8.98. The smallest absolute Gasteiger partial charge is 0.160 e. The molecule has 0 spiro atoms. The van der Waals surface area contributed by atoms with Gasteiger partial charge in [0.2, 0.25) is 0 Å². The van der Waals surface area contributed by atoms with Crippen LogP contribution in [0, 0.1) is 13.8 Å². The maximum atomic E-state index is 5.19. The van der Waals surface area contributed by atoms with Gasteiger partial charge in [-0.1, -0.05) is 260 Å². The minimum atomic E-state index is 0.681. The van der Waals surface area contributed by atoms with E-state index in [0.717, 1.165) is 172 Å². The Morgan fingerprint density at radius 2 is 0.596 bits per heavy atom. The third kappa shape index (κ3) is 12.0. The van der Waals surface area contributed by atoms with Crippen LogP contribution in [0.1, 0.15) is 11.1 Å². The van der Waals surface area contributed by atoms with E-state index in [4.69, 9.17) is 34.3 Å². The molecule has 7 aromatic heterocycles. The monoisotopic (exact) mass is 1430 g/mol. The standard InChI is InChI=1S/C53H32N6S.C43H29N5S/c1-2-12-35(13-3-1)53-55-46(32-47(56-53)38-16-11-17-39(31-38)59-48-22-8-5-18-40(48)41-19-6-9-23-49(41)59)37-15-10-14-36(30-37)33-24-26-34(27-25-33)51-43-28-29-45-52(58-60-57-45)50(43)42-20-4-7-21-44(42)54-51;1-26-10-14-29(15-11-26)38-25-39(46-43(45-38)31-16-12-27(2)13-17-31)33-7-5-6-32(24-33)28-18-20-30(21-19-28)41-35-22-23-37-42(48-49-47-37)40(35)34-8-3-4-9-36(34)44-41/h1-32H;3-25H,1-2H3. The van der Waals surface area contributed by atoms with Crippen LogP contribution in [-0.4, -0.2) is 52.0 Å². The highest BCUT2D eigenvalue weighted by atomic mass is 32.1. The minimum Gasteiger partial charge on any atom is -0.309 e. The largest absolute Gasteiger partial charge is 0.309 e. The summed E-state index contributed by atoms with van der Waals surface area (Å²) in [7, 11) is 0. The lowest BCUT2D eigenvalue weighted by Gasteiger charge is -2.13. The van der Waals surface area contributed by atoms with E-state index in [1.165, 1.54) is 56.4 Å². The molecule has 21 aromatic rings. The second kappa shape index (κ2) is 27.2. The Morgan fingerprint density at radius 1 is 0.229 bits per heavy atom. The molecule has 7 heterocycles. The number of aromatic nitrogens is 11. The first-order valence-corrected chi connectivity index (χ1v) is 37.6. The highest BCUT2D eigenvalue weighted by Crippen LogP contribution is 2.42. The summed E-state index contributed by atoms with van der Waals surface area (Å²) >= 11 is 2.50. The van der Waals surface area contributed by atoms with E-state index >= 15 is 0 Å². The summed E-state index contributed by atoms with van der Waals surface area (Å²) in [5.74, 6) is 1.39. The molecule has 0 unspecified atom stereocenters. The average molecular weight is 1430 g/mol. The topological polar surface area (TPSA) is 134 Å². The Balaban J connectivity index is 0.000000146. The Bertz CT molecular complexity index is 7000. The molecule has 0 aliphatic carbocycles.